The van der Waals surface area contributed by atoms with Gasteiger partial charge in [0.15, 0.2) is 0 Å². The summed E-state index contributed by atoms with van der Waals surface area (Å²) in [6, 6.07) is 0. The van der Waals surface area contributed by atoms with Crippen LogP contribution >= 0.6 is 0 Å². The molecule has 0 amide bonds. The van der Waals surface area contributed by atoms with Gasteiger partial charge in [0, 0.05) is 69.8 Å². The first kappa shape index (κ1) is 25.0. The van der Waals surface area contributed by atoms with Crippen molar-refractivity contribution in [1.29, 1.82) is 0 Å². The molecule has 0 spiro atoms. The van der Waals surface area contributed by atoms with E-state index in [1.165, 1.54) is 19.2 Å². The van der Waals surface area contributed by atoms with Crippen LogP contribution in [-0.4, -0.2) is 12.6 Å². The zero-order chi connectivity index (χ0) is 13.5. The molecular formula is C8H18O3PdY2-2. The van der Waals surface area contributed by atoms with Crippen molar-refractivity contribution < 1.29 is 102 Å². The van der Waals surface area contributed by atoms with Crippen LogP contribution < -0.4 is 0 Å². The molecule has 0 saturated heterocycles. The zero-order valence-corrected chi connectivity index (χ0v) is 16.0. The van der Waals surface area contributed by atoms with Gasteiger partial charge in [0.05, 0.1) is 0 Å². The van der Waals surface area contributed by atoms with Crippen LogP contribution in [0.25, 0.3) is 0 Å². The maximum Gasteiger partial charge on any atom is 0 e. The predicted octanol–water partition coefficient (Wildman–Crippen LogP) is 2.16. The molecule has 3 nitrogen and oxygen atoms in total. The van der Waals surface area contributed by atoms with Crippen molar-refractivity contribution in [2.45, 2.75) is 40.5 Å². The van der Waals surface area contributed by atoms with Crippen LogP contribution in [0.2, 0.25) is 0 Å². The molecule has 86 valence electrons. The number of hydrogen-bond donors (Lipinski definition) is 0. The molecule has 0 N–H and O–H groups in total. The van der Waals surface area contributed by atoms with E-state index in [0.29, 0.717) is 6.42 Å². The molecule has 0 aliphatic carbocycles. The van der Waals surface area contributed by atoms with Gasteiger partial charge in [-0.15, -0.1) is 0 Å². The molecule has 14 heavy (non-hydrogen) atoms. The van der Waals surface area contributed by atoms with E-state index in [4.69, 9.17) is 17.4 Å². The first-order valence-corrected chi connectivity index (χ1v) is 4.09. The van der Waals surface area contributed by atoms with Crippen LogP contribution in [0, 0.1) is 0 Å². The van der Waals surface area contributed by atoms with Gasteiger partial charge in [-0.05, 0) is 0 Å². The molecule has 0 aliphatic heterocycles. The van der Waals surface area contributed by atoms with Gasteiger partial charge in [-0.2, -0.15) is 12.8 Å². The van der Waals surface area contributed by atoms with E-state index in [1.807, 2.05) is 13.8 Å². The number of rotatable bonds is 2. The molecule has 0 unspecified atom stereocenters. The van der Waals surface area contributed by atoms with Gasteiger partial charge in [0.2, 0.25) is 0 Å². The standard InChI is InChI=1S/2C3H5O.C2H6.O.Pd.2Y.H2/c2*1-2-3-4;1-2;;;;;/h2*2H2,1H3;1-2H3;;;;;1H/q2*-1;;;;;;/i1T;;;;;;;1+2T. The van der Waals surface area contributed by atoms with Crippen LogP contribution in [0.4, 0.5) is 0 Å². The Morgan fingerprint density at radius 1 is 1.21 bits per heavy atom. The summed E-state index contributed by atoms with van der Waals surface area (Å²) in [7, 11) is 0. The summed E-state index contributed by atoms with van der Waals surface area (Å²) in [5.41, 5.74) is 0. The molecule has 0 aliphatic rings. The van der Waals surface area contributed by atoms with E-state index in [1.54, 1.807) is 19.5 Å². The minimum absolute atomic E-state index is 0. The summed E-state index contributed by atoms with van der Waals surface area (Å²) in [6.07, 6.45) is 4.02. The zero-order valence-electron chi connectivity index (χ0n) is 11.8. The number of carbonyl (C=O) groups excluding carboxylic acids is 2. The van der Waals surface area contributed by atoms with E-state index in [0.717, 1.165) is 0 Å². The van der Waals surface area contributed by atoms with E-state index in [9.17, 15) is 0 Å². The fraction of sp³-hybridized carbons (Fsp3) is 0.750. The van der Waals surface area contributed by atoms with Gasteiger partial charge in [-0.3, -0.25) is 12.6 Å². The summed E-state index contributed by atoms with van der Waals surface area (Å²) < 4.78 is 24.4. The molecule has 0 heterocycles. The summed E-state index contributed by atoms with van der Waals surface area (Å²) in [6.45, 7) is 5.93. The normalized spacial score (nSPS) is 5.93. The van der Waals surface area contributed by atoms with E-state index in [2.05, 4.69) is 0 Å². The summed E-state index contributed by atoms with van der Waals surface area (Å²) >= 11 is 1.50. The molecular weight excluding hydrogens is 428 g/mol. The van der Waals surface area contributed by atoms with E-state index in [-0.39, 0.29) is 78.7 Å². The Bertz CT molecular complexity index is 96.4. The molecule has 2 radical (unpaired) electrons. The quantitative estimate of drug-likeness (QED) is 0.477. The van der Waals surface area contributed by atoms with Crippen molar-refractivity contribution >= 4 is 12.6 Å². The minimum atomic E-state index is 0. The Kier molecular flexibility index (Phi) is 146. The van der Waals surface area contributed by atoms with Gasteiger partial charge in [-0.1, -0.05) is 27.7 Å². The maximum atomic E-state index is 9.16. The van der Waals surface area contributed by atoms with Gasteiger partial charge < -0.3 is 9.59 Å². The van der Waals surface area contributed by atoms with Crippen molar-refractivity contribution in [3.8, 4) is 0 Å². The third kappa shape index (κ3) is 147. The fourth-order valence-electron chi connectivity index (χ4n) is 0. The Balaban J connectivity index is -0.0000000153. The Labute approximate surface area is 153 Å². The second kappa shape index (κ2) is 81.6. The van der Waals surface area contributed by atoms with Gasteiger partial charge in [-0.25, -0.2) is 0 Å². The number of hydrogen-bond acceptors (Lipinski definition) is 3. The largest absolute Gasteiger partial charge is 0 e. The van der Waals surface area contributed by atoms with Crippen molar-refractivity contribution in [1.82, 2.24) is 0 Å². The predicted molar refractivity (Wildman–Crippen MR) is 46.1 cm³/mol. The second-order valence-corrected chi connectivity index (χ2v) is 0.892. The van der Waals surface area contributed by atoms with Crippen molar-refractivity contribution in [2.75, 3.05) is 0 Å². The molecule has 0 bridgehead atoms. The van der Waals surface area contributed by atoms with Gasteiger partial charge in [0.25, 0.3) is 0 Å². The SMILES string of the molecule is CC.CC[C-]=O.[3H]CC[C-]=O.[3H][3H].[O]=[Pd].[Y].[Y]. The third-order valence-corrected chi connectivity index (χ3v) is 0.246. The summed E-state index contributed by atoms with van der Waals surface area (Å²) in [5.74, 6) is 0. The van der Waals surface area contributed by atoms with Gasteiger partial charge >= 0.3 is 22.6 Å². The van der Waals surface area contributed by atoms with Crippen LogP contribution in [0.15, 0.2) is 0 Å². The average molecular weight is 452 g/mol. The molecule has 0 aromatic carbocycles. The second-order valence-electron chi connectivity index (χ2n) is 0.892. The van der Waals surface area contributed by atoms with Crippen LogP contribution in [0.3, 0.4) is 0 Å². The Hall–Kier alpha value is 2.01. The van der Waals surface area contributed by atoms with E-state index < -0.39 is 0 Å². The minimum Gasteiger partial charge on any atom is 0 e. The van der Waals surface area contributed by atoms with E-state index >= 15 is 0 Å². The fourth-order valence-corrected chi connectivity index (χ4v) is 0. The first-order valence-electron chi connectivity index (χ1n) is 5.16. The summed E-state index contributed by atoms with van der Waals surface area (Å²) in [4.78, 5) is 18.2. The Morgan fingerprint density at radius 3 is 1.43 bits per heavy atom. The van der Waals surface area contributed by atoms with Gasteiger partial charge in [0.1, 0.15) is 0 Å². The first-order chi connectivity index (χ1) is 7.33. The molecule has 0 rings (SSSR count). The van der Waals surface area contributed by atoms with Crippen molar-refractivity contribution in [3.63, 3.8) is 0 Å². The van der Waals surface area contributed by atoms with Crippen LogP contribution in [-0.2, 0) is 97.6 Å². The topological polar surface area (TPSA) is 51.2 Å². The molecule has 0 atom stereocenters. The monoisotopic (exact) mass is 452 g/mol. The molecule has 0 saturated carbocycles. The molecule has 6 heteroatoms. The van der Waals surface area contributed by atoms with Crippen LogP contribution in [0.1, 0.15) is 44.9 Å². The third-order valence-electron chi connectivity index (χ3n) is 0.246. The summed E-state index contributed by atoms with van der Waals surface area (Å²) in [5, 5.41) is 0. The van der Waals surface area contributed by atoms with Crippen molar-refractivity contribution in [2.24, 2.45) is 0 Å². The smallest absolute Gasteiger partial charge is 0 e. The van der Waals surface area contributed by atoms with Crippen LogP contribution in [0.5, 0.6) is 0 Å². The molecule has 0 aromatic heterocycles. The maximum absolute atomic E-state index is 9.16. The Morgan fingerprint density at radius 2 is 1.43 bits per heavy atom. The van der Waals surface area contributed by atoms with Crippen molar-refractivity contribution in [3.05, 3.63) is 0 Å². The average Bonchev–Trinajstić information content (AvgIpc) is 2.38. The molecule has 0 fully saturated rings. The molecule has 0 aromatic rings.